The molecule has 1 aliphatic rings. The van der Waals surface area contributed by atoms with Crippen molar-refractivity contribution in [2.75, 3.05) is 5.32 Å². The van der Waals surface area contributed by atoms with Crippen molar-refractivity contribution in [2.45, 2.75) is 46.1 Å². The minimum absolute atomic E-state index is 0.594. The Morgan fingerprint density at radius 1 is 1.33 bits per heavy atom. The van der Waals surface area contributed by atoms with Gasteiger partial charge >= 0.3 is 0 Å². The zero-order valence-electron chi connectivity index (χ0n) is 11.5. The molecule has 100 valence electrons. The van der Waals surface area contributed by atoms with Gasteiger partial charge in [-0.3, -0.25) is 0 Å². The summed E-state index contributed by atoms with van der Waals surface area (Å²) in [6.45, 7) is 7.05. The topological polar surface area (TPSA) is 24.9 Å². The lowest BCUT2D eigenvalue weighted by Crippen LogP contribution is -2.37. The minimum Gasteiger partial charge on any atom is -0.381 e. The maximum absolute atomic E-state index is 4.29. The number of hydrogen-bond donors (Lipinski definition) is 1. The highest BCUT2D eigenvalue weighted by Crippen LogP contribution is 2.35. The molecular formula is C15H23BrN2. The fraction of sp³-hybridized carbons (Fsp3) is 0.667. The van der Waals surface area contributed by atoms with E-state index in [9.17, 15) is 0 Å². The van der Waals surface area contributed by atoms with Crippen LogP contribution in [-0.2, 0) is 0 Å². The van der Waals surface area contributed by atoms with Gasteiger partial charge in [0.1, 0.15) is 4.60 Å². The van der Waals surface area contributed by atoms with Crippen LogP contribution < -0.4 is 5.32 Å². The Balaban J connectivity index is 2.06. The van der Waals surface area contributed by atoms with E-state index >= 15 is 0 Å². The lowest BCUT2D eigenvalue weighted by atomic mass is 9.74. The molecule has 3 unspecified atom stereocenters. The van der Waals surface area contributed by atoms with Crippen molar-refractivity contribution in [3.05, 3.63) is 22.9 Å². The summed E-state index contributed by atoms with van der Waals surface area (Å²) in [6.07, 6.45) is 5.92. The fourth-order valence-electron chi connectivity index (χ4n) is 3.04. The van der Waals surface area contributed by atoms with Crippen molar-refractivity contribution >= 4 is 21.6 Å². The van der Waals surface area contributed by atoms with E-state index in [4.69, 9.17) is 0 Å². The van der Waals surface area contributed by atoms with Crippen molar-refractivity contribution in [3.8, 4) is 0 Å². The zero-order chi connectivity index (χ0) is 13.1. The molecule has 0 aliphatic heterocycles. The number of anilines is 1. The number of aromatic nitrogens is 1. The Morgan fingerprint density at radius 3 is 2.72 bits per heavy atom. The normalized spacial score (nSPS) is 28.4. The molecule has 0 spiro atoms. The van der Waals surface area contributed by atoms with Crippen molar-refractivity contribution in [1.82, 2.24) is 4.98 Å². The molecule has 1 aromatic rings. The van der Waals surface area contributed by atoms with Crippen molar-refractivity contribution in [2.24, 2.45) is 17.8 Å². The highest BCUT2D eigenvalue weighted by molar-refractivity contribution is 9.10. The Labute approximate surface area is 119 Å². The fourth-order valence-corrected chi connectivity index (χ4v) is 3.28. The summed E-state index contributed by atoms with van der Waals surface area (Å²) in [5.41, 5.74) is 1.14. The SMILES string of the molecule is CC1CCC(C(C)C)C(Nc2ccc(Br)nc2)C1. The van der Waals surface area contributed by atoms with Gasteiger partial charge in [0, 0.05) is 6.04 Å². The zero-order valence-corrected chi connectivity index (χ0v) is 13.1. The van der Waals surface area contributed by atoms with Crippen LogP contribution in [0.3, 0.4) is 0 Å². The van der Waals surface area contributed by atoms with Gasteiger partial charge in [0.05, 0.1) is 11.9 Å². The number of nitrogens with zero attached hydrogens (tertiary/aromatic N) is 1. The predicted molar refractivity (Wildman–Crippen MR) is 80.7 cm³/mol. The van der Waals surface area contributed by atoms with E-state index < -0.39 is 0 Å². The van der Waals surface area contributed by atoms with E-state index in [1.165, 1.54) is 19.3 Å². The molecule has 1 aliphatic carbocycles. The van der Waals surface area contributed by atoms with Crippen molar-refractivity contribution < 1.29 is 0 Å². The third-order valence-electron chi connectivity index (χ3n) is 4.10. The lowest BCUT2D eigenvalue weighted by Gasteiger charge is -2.38. The van der Waals surface area contributed by atoms with Crippen LogP contribution in [0.4, 0.5) is 5.69 Å². The number of hydrogen-bond acceptors (Lipinski definition) is 2. The molecule has 0 bridgehead atoms. The van der Waals surface area contributed by atoms with Crippen LogP contribution in [0.1, 0.15) is 40.0 Å². The summed E-state index contributed by atoms with van der Waals surface area (Å²) < 4.78 is 0.894. The monoisotopic (exact) mass is 310 g/mol. The van der Waals surface area contributed by atoms with E-state index in [2.05, 4.69) is 53.1 Å². The molecule has 3 atom stereocenters. The lowest BCUT2D eigenvalue weighted by molar-refractivity contribution is 0.212. The van der Waals surface area contributed by atoms with Gasteiger partial charge in [0.2, 0.25) is 0 Å². The van der Waals surface area contributed by atoms with E-state index in [1.54, 1.807) is 0 Å². The maximum Gasteiger partial charge on any atom is 0.106 e. The highest BCUT2D eigenvalue weighted by atomic mass is 79.9. The van der Waals surface area contributed by atoms with Gasteiger partial charge in [0.25, 0.3) is 0 Å². The van der Waals surface area contributed by atoms with Crippen molar-refractivity contribution in [3.63, 3.8) is 0 Å². The molecule has 2 nitrogen and oxygen atoms in total. The molecule has 1 saturated carbocycles. The molecule has 0 saturated heterocycles. The molecular weight excluding hydrogens is 288 g/mol. The minimum atomic E-state index is 0.594. The first-order chi connectivity index (χ1) is 8.56. The third kappa shape index (κ3) is 3.47. The number of rotatable bonds is 3. The smallest absolute Gasteiger partial charge is 0.106 e. The van der Waals surface area contributed by atoms with Crippen molar-refractivity contribution in [1.29, 1.82) is 0 Å². The largest absolute Gasteiger partial charge is 0.381 e. The highest BCUT2D eigenvalue weighted by Gasteiger charge is 2.30. The number of pyridine rings is 1. The van der Waals surface area contributed by atoms with Gasteiger partial charge in [-0.2, -0.15) is 0 Å². The Hall–Kier alpha value is -0.570. The first-order valence-corrected chi connectivity index (χ1v) is 7.73. The molecule has 18 heavy (non-hydrogen) atoms. The van der Waals surface area contributed by atoms with Crippen LogP contribution in [0.15, 0.2) is 22.9 Å². The van der Waals surface area contributed by atoms with E-state index in [0.717, 1.165) is 28.0 Å². The summed E-state index contributed by atoms with van der Waals surface area (Å²) in [5, 5.41) is 3.69. The van der Waals surface area contributed by atoms with Gasteiger partial charge < -0.3 is 5.32 Å². The average molecular weight is 311 g/mol. The summed E-state index contributed by atoms with van der Waals surface area (Å²) in [5.74, 6) is 2.36. The summed E-state index contributed by atoms with van der Waals surface area (Å²) >= 11 is 3.38. The first kappa shape index (κ1) is 13.9. The third-order valence-corrected chi connectivity index (χ3v) is 4.57. The van der Waals surface area contributed by atoms with Crippen LogP contribution in [-0.4, -0.2) is 11.0 Å². The van der Waals surface area contributed by atoms with Gasteiger partial charge in [-0.15, -0.1) is 0 Å². The Bertz CT molecular complexity index is 375. The molecule has 1 heterocycles. The number of nitrogens with one attached hydrogen (secondary N) is 1. The van der Waals surface area contributed by atoms with E-state index in [-0.39, 0.29) is 0 Å². The molecule has 3 heteroatoms. The second-order valence-corrected chi connectivity index (χ2v) is 6.76. The number of halogens is 1. The van der Waals surface area contributed by atoms with Crippen LogP contribution in [0, 0.1) is 17.8 Å². The first-order valence-electron chi connectivity index (χ1n) is 6.94. The standard InChI is InChI=1S/C15H23BrN2/c1-10(2)13-6-4-11(3)8-14(13)18-12-5-7-15(16)17-9-12/h5,7,9-11,13-14,18H,4,6,8H2,1-3H3. The van der Waals surface area contributed by atoms with Crippen LogP contribution in [0.2, 0.25) is 0 Å². The van der Waals surface area contributed by atoms with Gasteiger partial charge in [-0.05, 0) is 58.7 Å². The summed E-state index contributed by atoms with van der Waals surface area (Å²) in [4.78, 5) is 4.29. The second kappa shape index (κ2) is 6.05. The van der Waals surface area contributed by atoms with E-state index in [0.29, 0.717) is 6.04 Å². The summed E-state index contributed by atoms with van der Waals surface area (Å²) in [6, 6.07) is 4.70. The molecule has 1 aromatic heterocycles. The second-order valence-electron chi connectivity index (χ2n) is 5.95. The Kier molecular flexibility index (Phi) is 4.66. The van der Waals surface area contributed by atoms with E-state index in [1.807, 2.05) is 12.3 Å². The van der Waals surface area contributed by atoms with Crippen LogP contribution in [0.5, 0.6) is 0 Å². The van der Waals surface area contributed by atoms with Gasteiger partial charge in [-0.25, -0.2) is 4.98 Å². The molecule has 1 N–H and O–H groups in total. The van der Waals surface area contributed by atoms with Crippen LogP contribution >= 0.6 is 15.9 Å². The summed E-state index contributed by atoms with van der Waals surface area (Å²) in [7, 11) is 0. The molecule has 0 radical (unpaired) electrons. The molecule has 1 fully saturated rings. The average Bonchev–Trinajstić information content (AvgIpc) is 2.32. The molecule has 2 rings (SSSR count). The van der Waals surface area contributed by atoms with Gasteiger partial charge in [-0.1, -0.05) is 27.2 Å². The quantitative estimate of drug-likeness (QED) is 0.817. The van der Waals surface area contributed by atoms with Gasteiger partial charge in [0.15, 0.2) is 0 Å². The maximum atomic E-state index is 4.29. The molecule has 0 amide bonds. The molecule has 0 aromatic carbocycles. The van der Waals surface area contributed by atoms with Crippen LogP contribution in [0.25, 0.3) is 0 Å². The Morgan fingerprint density at radius 2 is 2.11 bits per heavy atom. The predicted octanol–water partition coefficient (Wildman–Crippen LogP) is 4.72.